The van der Waals surface area contributed by atoms with Crippen LogP contribution < -0.4 is 39.7 Å². The van der Waals surface area contributed by atoms with Gasteiger partial charge in [0, 0.05) is 31.9 Å². The number of anilines is 4. The number of thiazole rings is 1. The number of halogens is 1. The Morgan fingerprint density at radius 1 is 0.697 bits per heavy atom. The van der Waals surface area contributed by atoms with Crippen molar-refractivity contribution in [1.29, 1.82) is 0 Å². The average molecular weight is 508 g/mol. The quantitative estimate of drug-likeness (QED) is 0.265. The second-order valence-corrected chi connectivity index (χ2v) is 8.50. The molecular weight excluding hydrogens is 462 g/mol. The first kappa shape index (κ1) is 30.6. The lowest BCUT2D eigenvalue weighted by Gasteiger charge is -2.30. The van der Waals surface area contributed by atoms with E-state index in [0.29, 0.717) is 5.95 Å². The van der Waals surface area contributed by atoms with Crippen molar-refractivity contribution in [3.8, 4) is 0 Å². The first-order valence-electron chi connectivity index (χ1n) is 10.2. The lowest BCUT2D eigenvalue weighted by Crippen LogP contribution is -2.34. The number of piperidine rings is 2. The second-order valence-electron chi connectivity index (χ2n) is 7.47. The minimum Gasteiger partial charge on any atom is -0.344 e. The van der Waals surface area contributed by atoms with E-state index in [9.17, 15) is 0 Å². The number of hydrogen-bond donors (Lipinski definition) is 5. The summed E-state index contributed by atoms with van der Waals surface area (Å²) < 4.78 is 1.16. The number of rotatable bonds is 4. The van der Waals surface area contributed by atoms with Gasteiger partial charge in [-0.25, -0.2) is 4.98 Å². The first-order chi connectivity index (χ1) is 13.8. The molecule has 2 aliphatic heterocycles. The number of nitrogens with one attached hydrogen (secondary N) is 1. The van der Waals surface area contributed by atoms with Crippen molar-refractivity contribution in [1.82, 2.24) is 44.5 Å². The topological polar surface area (TPSA) is 210 Å². The number of fused-ring (bicyclic) bond motifs is 1. The molecule has 3 aromatic rings. The van der Waals surface area contributed by atoms with Crippen LogP contribution in [0, 0.1) is 0 Å². The largest absolute Gasteiger partial charge is 0.344 e. The zero-order valence-corrected chi connectivity index (χ0v) is 20.8. The van der Waals surface area contributed by atoms with E-state index in [1.807, 2.05) is 18.2 Å². The van der Waals surface area contributed by atoms with Crippen LogP contribution in [0.2, 0.25) is 0 Å². The third-order valence-corrected chi connectivity index (χ3v) is 6.35. The highest BCUT2D eigenvalue weighted by atomic mass is 35.5. The molecule has 194 valence electrons. The number of aromatic nitrogens is 4. The van der Waals surface area contributed by atoms with Gasteiger partial charge in [-0.3, -0.25) is 5.32 Å². The van der Waals surface area contributed by atoms with Crippen molar-refractivity contribution in [2.75, 3.05) is 41.3 Å². The molecule has 0 spiro atoms. The Morgan fingerprint density at radius 3 is 1.73 bits per heavy atom. The van der Waals surface area contributed by atoms with Crippen molar-refractivity contribution in [3.05, 3.63) is 24.3 Å². The fraction of sp³-hybridized carbons (Fsp3) is 0.500. The molecule has 13 heteroatoms. The smallest absolute Gasteiger partial charge is 0.235 e. The number of hydrogen-bond acceptors (Lipinski definition) is 12. The predicted octanol–water partition coefficient (Wildman–Crippen LogP) is 6.26. The molecule has 0 amide bonds. The lowest BCUT2D eigenvalue weighted by atomic mass is 10.1. The SMILES string of the molecule is Cl.N.N.N.N.[HH].[HH].[HH].[HH].c1ccc2sc(Nc3nc(N4CCCCC4)nc(N4CCCCC4)n3)nc2c1. The zero-order valence-electron chi connectivity index (χ0n) is 19.2. The Bertz CT molecular complexity index is 907. The van der Waals surface area contributed by atoms with Gasteiger partial charge >= 0.3 is 0 Å². The van der Waals surface area contributed by atoms with Gasteiger partial charge in [0.1, 0.15) is 0 Å². The molecule has 2 saturated heterocycles. The highest BCUT2D eigenvalue weighted by Gasteiger charge is 2.20. The van der Waals surface area contributed by atoms with Gasteiger partial charge in [-0.2, -0.15) is 15.0 Å². The van der Waals surface area contributed by atoms with E-state index in [0.717, 1.165) is 53.4 Å². The van der Waals surface area contributed by atoms with E-state index in [1.165, 1.54) is 38.5 Å². The third kappa shape index (κ3) is 7.06. The molecule has 5 rings (SSSR count). The molecule has 1 aromatic carbocycles. The Labute approximate surface area is 211 Å². The Morgan fingerprint density at radius 2 is 1.21 bits per heavy atom. The van der Waals surface area contributed by atoms with Gasteiger partial charge in [0.25, 0.3) is 0 Å². The molecule has 11 nitrogen and oxygen atoms in total. The molecule has 33 heavy (non-hydrogen) atoms. The van der Waals surface area contributed by atoms with Crippen LogP contribution >= 0.6 is 23.7 Å². The second kappa shape index (κ2) is 14.0. The molecule has 0 radical (unpaired) electrons. The van der Waals surface area contributed by atoms with Gasteiger partial charge < -0.3 is 34.4 Å². The van der Waals surface area contributed by atoms with Gasteiger partial charge in [-0.15, -0.1) is 12.4 Å². The molecule has 0 aliphatic carbocycles. The third-order valence-electron chi connectivity index (χ3n) is 5.40. The van der Waals surface area contributed by atoms with Gasteiger partial charge in [0.15, 0.2) is 5.13 Å². The number of benzene rings is 1. The van der Waals surface area contributed by atoms with Crippen molar-refractivity contribution < 1.29 is 5.71 Å². The first-order valence-corrected chi connectivity index (χ1v) is 11.1. The Hall–Kier alpha value is -2.35. The van der Waals surface area contributed by atoms with Crippen LogP contribution in [0.25, 0.3) is 10.2 Å². The molecular formula is C20H46ClN11S. The minimum absolute atomic E-state index is 0. The van der Waals surface area contributed by atoms with E-state index in [-0.39, 0.29) is 42.7 Å². The van der Waals surface area contributed by atoms with Crippen LogP contribution in [-0.4, -0.2) is 46.1 Å². The van der Waals surface area contributed by atoms with E-state index < -0.39 is 0 Å². The van der Waals surface area contributed by atoms with Crippen molar-refractivity contribution in [2.24, 2.45) is 0 Å². The van der Waals surface area contributed by atoms with Crippen LogP contribution in [0.1, 0.15) is 44.2 Å². The highest BCUT2D eigenvalue weighted by Crippen LogP contribution is 2.29. The Balaban J connectivity index is -0.000000379. The summed E-state index contributed by atoms with van der Waals surface area (Å²) in [6.07, 6.45) is 7.38. The standard InChI is InChI=1S/C20H25N7S.ClH.4H3N.4H2/c1-5-11-26(12-6-1)18-22-17(23-19(25-18)27-13-7-2-8-14-27)24-20-21-15-9-3-4-10-16(15)28-20;;;;;;;;;/h3-4,9-10H,1-2,5-8,11-14H2,(H,21,22,23,24,25);1H;4*1H3;4*1H. The molecule has 13 N–H and O–H groups in total. The molecule has 0 unspecified atom stereocenters. The van der Waals surface area contributed by atoms with Crippen LogP contribution in [0.3, 0.4) is 0 Å². The number of para-hydroxylation sites is 1. The normalized spacial score (nSPS) is 15.2. The maximum Gasteiger partial charge on any atom is 0.235 e. The van der Waals surface area contributed by atoms with Crippen LogP contribution in [0.4, 0.5) is 23.0 Å². The lowest BCUT2D eigenvalue weighted by molar-refractivity contribution is 0.556. The summed E-state index contributed by atoms with van der Waals surface area (Å²) in [5.74, 6) is 2.17. The van der Waals surface area contributed by atoms with E-state index in [2.05, 4.69) is 26.2 Å². The van der Waals surface area contributed by atoms with E-state index in [4.69, 9.17) is 15.0 Å². The van der Waals surface area contributed by atoms with Crippen molar-refractivity contribution >= 4 is 56.9 Å². The van der Waals surface area contributed by atoms with Crippen molar-refractivity contribution in [3.63, 3.8) is 0 Å². The van der Waals surface area contributed by atoms with Gasteiger partial charge in [-0.05, 0) is 50.7 Å². The van der Waals surface area contributed by atoms with Gasteiger partial charge in [0.2, 0.25) is 17.8 Å². The number of nitrogens with zero attached hydrogens (tertiary/aromatic N) is 6. The van der Waals surface area contributed by atoms with Crippen molar-refractivity contribution in [2.45, 2.75) is 38.5 Å². The molecule has 4 heterocycles. The molecule has 0 saturated carbocycles. The summed E-state index contributed by atoms with van der Waals surface area (Å²) in [6.45, 7) is 4.07. The average Bonchev–Trinajstić information content (AvgIpc) is 3.17. The molecule has 2 fully saturated rings. The molecule has 2 aliphatic rings. The molecule has 0 bridgehead atoms. The van der Waals surface area contributed by atoms with E-state index >= 15 is 0 Å². The summed E-state index contributed by atoms with van der Waals surface area (Å²) in [5.41, 5.74) is 0.997. The fourth-order valence-electron chi connectivity index (χ4n) is 3.90. The monoisotopic (exact) mass is 507 g/mol. The van der Waals surface area contributed by atoms with Gasteiger partial charge in [-0.1, -0.05) is 23.5 Å². The van der Waals surface area contributed by atoms with Crippen LogP contribution in [0.5, 0.6) is 0 Å². The summed E-state index contributed by atoms with van der Waals surface area (Å²) in [5, 5.41) is 4.17. The van der Waals surface area contributed by atoms with Crippen LogP contribution in [0.15, 0.2) is 24.3 Å². The summed E-state index contributed by atoms with van der Waals surface area (Å²) in [4.78, 5) is 23.6. The molecule has 2 aromatic heterocycles. The maximum absolute atomic E-state index is 4.84. The van der Waals surface area contributed by atoms with Crippen LogP contribution in [-0.2, 0) is 0 Å². The minimum atomic E-state index is 0. The van der Waals surface area contributed by atoms with E-state index in [1.54, 1.807) is 11.3 Å². The summed E-state index contributed by atoms with van der Waals surface area (Å²) in [7, 11) is 0. The summed E-state index contributed by atoms with van der Waals surface area (Å²) >= 11 is 1.63. The predicted molar refractivity (Wildman–Crippen MR) is 151 cm³/mol. The highest BCUT2D eigenvalue weighted by molar-refractivity contribution is 7.22. The summed E-state index contributed by atoms with van der Waals surface area (Å²) in [6, 6.07) is 8.17. The molecule has 0 atom stereocenters. The fourth-order valence-corrected chi connectivity index (χ4v) is 4.76. The maximum atomic E-state index is 4.84. The Kier molecular flexibility index (Phi) is 13.0. The zero-order chi connectivity index (χ0) is 18.8. The van der Waals surface area contributed by atoms with Gasteiger partial charge in [0.05, 0.1) is 10.2 Å².